The molecule has 0 aliphatic carbocycles. The third kappa shape index (κ3) is 6.62. The fraction of sp³-hybridized carbons (Fsp3) is 0.348. The largest absolute Gasteiger partial charge is 0.513 e. The molecule has 8 nitrogen and oxygen atoms in total. The van der Waals surface area contributed by atoms with Crippen LogP contribution in [0.5, 0.6) is 11.5 Å². The van der Waals surface area contributed by atoms with Crippen LogP contribution in [0.25, 0.3) is 0 Å². The molecular weight excluding hydrogens is 436 g/mol. The van der Waals surface area contributed by atoms with Crippen molar-refractivity contribution in [3.8, 4) is 11.5 Å². The van der Waals surface area contributed by atoms with Crippen molar-refractivity contribution in [2.45, 2.75) is 13.3 Å². The predicted octanol–water partition coefficient (Wildman–Crippen LogP) is 3.63. The lowest BCUT2D eigenvalue weighted by Crippen LogP contribution is -2.39. The van der Waals surface area contributed by atoms with E-state index in [4.69, 9.17) is 25.8 Å². The molecule has 0 atom stereocenters. The van der Waals surface area contributed by atoms with Crippen molar-refractivity contribution in [1.29, 1.82) is 0 Å². The van der Waals surface area contributed by atoms with Crippen molar-refractivity contribution in [3.05, 3.63) is 59.1 Å². The molecule has 2 aromatic carbocycles. The number of amides is 2. The Hall–Kier alpha value is -3.26. The van der Waals surface area contributed by atoms with Crippen LogP contribution in [0.15, 0.2) is 48.5 Å². The van der Waals surface area contributed by atoms with Crippen molar-refractivity contribution in [3.63, 3.8) is 0 Å². The van der Waals surface area contributed by atoms with Crippen molar-refractivity contribution in [1.82, 2.24) is 9.80 Å². The van der Waals surface area contributed by atoms with Gasteiger partial charge in [-0.25, -0.2) is 4.79 Å². The predicted molar refractivity (Wildman–Crippen MR) is 118 cm³/mol. The molecule has 32 heavy (non-hydrogen) atoms. The number of rotatable bonds is 6. The van der Waals surface area contributed by atoms with E-state index in [2.05, 4.69) is 0 Å². The molecule has 2 amide bonds. The summed E-state index contributed by atoms with van der Waals surface area (Å²) in [6.07, 6.45) is -0.119. The molecule has 0 bridgehead atoms. The summed E-state index contributed by atoms with van der Waals surface area (Å²) in [6.45, 7) is 3.78. The number of benzene rings is 2. The van der Waals surface area contributed by atoms with Crippen LogP contribution in [0.2, 0.25) is 5.02 Å². The van der Waals surface area contributed by atoms with Gasteiger partial charge in [-0.3, -0.25) is 9.59 Å². The van der Waals surface area contributed by atoms with Crippen LogP contribution >= 0.6 is 11.6 Å². The van der Waals surface area contributed by atoms with Crippen molar-refractivity contribution >= 4 is 29.6 Å². The Morgan fingerprint density at radius 3 is 2.19 bits per heavy atom. The second kappa shape index (κ2) is 11.4. The Balaban J connectivity index is 1.50. The summed E-state index contributed by atoms with van der Waals surface area (Å²) in [5.74, 6) is 0.604. The van der Waals surface area contributed by atoms with Gasteiger partial charge in [0.25, 0.3) is 11.8 Å². The highest BCUT2D eigenvalue weighted by Crippen LogP contribution is 2.17. The quantitative estimate of drug-likeness (QED) is 0.483. The van der Waals surface area contributed by atoms with Crippen molar-refractivity contribution < 1.29 is 28.6 Å². The molecule has 3 rings (SSSR count). The monoisotopic (exact) mass is 460 g/mol. The van der Waals surface area contributed by atoms with Crippen LogP contribution < -0.4 is 9.47 Å². The van der Waals surface area contributed by atoms with Crippen molar-refractivity contribution in [2.75, 3.05) is 39.4 Å². The highest BCUT2D eigenvalue weighted by molar-refractivity contribution is 6.30. The topological polar surface area (TPSA) is 85.4 Å². The standard InChI is InChI=1S/C23H25ClN2O6/c1-2-30-23(29)32-20-8-4-17(5-9-20)22(28)26-13-3-12-25(14-15-26)21(27)16-31-19-10-6-18(24)7-11-19/h4-11H,2-3,12-16H2,1H3. The van der Waals surface area contributed by atoms with Gasteiger partial charge in [0.05, 0.1) is 6.61 Å². The first-order valence-electron chi connectivity index (χ1n) is 10.4. The fourth-order valence-electron chi connectivity index (χ4n) is 3.23. The minimum atomic E-state index is -0.788. The number of hydrogen-bond acceptors (Lipinski definition) is 6. The maximum atomic E-state index is 12.9. The van der Waals surface area contributed by atoms with Gasteiger partial charge in [-0.15, -0.1) is 0 Å². The third-order valence-electron chi connectivity index (χ3n) is 4.88. The van der Waals surface area contributed by atoms with Crippen LogP contribution in [-0.2, 0) is 9.53 Å². The van der Waals surface area contributed by atoms with Gasteiger partial charge >= 0.3 is 6.16 Å². The van der Waals surface area contributed by atoms with Crippen LogP contribution in [0, 0.1) is 0 Å². The first kappa shape index (κ1) is 23.4. The molecule has 1 aliphatic rings. The summed E-state index contributed by atoms with van der Waals surface area (Å²) in [6, 6.07) is 13.1. The van der Waals surface area contributed by atoms with E-state index in [1.165, 1.54) is 0 Å². The summed E-state index contributed by atoms with van der Waals surface area (Å²) in [4.78, 5) is 40.2. The van der Waals surface area contributed by atoms with E-state index in [1.807, 2.05) is 0 Å². The highest BCUT2D eigenvalue weighted by Gasteiger charge is 2.23. The number of hydrogen-bond donors (Lipinski definition) is 0. The van der Waals surface area contributed by atoms with Gasteiger partial charge in [-0.1, -0.05) is 11.6 Å². The normalized spacial score (nSPS) is 13.8. The number of nitrogens with zero attached hydrogens (tertiary/aromatic N) is 2. The first-order valence-corrected chi connectivity index (χ1v) is 10.7. The zero-order valence-electron chi connectivity index (χ0n) is 17.8. The molecule has 9 heteroatoms. The number of carbonyl (C=O) groups is 3. The smallest absolute Gasteiger partial charge is 0.484 e. The van der Waals surface area contributed by atoms with E-state index in [-0.39, 0.29) is 25.0 Å². The Morgan fingerprint density at radius 2 is 1.50 bits per heavy atom. The summed E-state index contributed by atoms with van der Waals surface area (Å²) in [5.41, 5.74) is 0.479. The first-order chi connectivity index (χ1) is 15.5. The van der Waals surface area contributed by atoms with Gasteiger partial charge in [0.1, 0.15) is 11.5 Å². The van der Waals surface area contributed by atoms with E-state index in [1.54, 1.807) is 65.3 Å². The summed E-state index contributed by atoms with van der Waals surface area (Å²) < 4.78 is 15.3. The molecule has 1 heterocycles. The summed E-state index contributed by atoms with van der Waals surface area (Å²) >= 11 is 5.85. The third-order valence-corrected chi connectivity index (χ3v) is 5.13. The fourth-order valence-corrected chi connectivity index (χ4v) is 3.35. The van der Waals surface area contributed by atoms with E-state index in [9.17, 15) is 14.4 Å². The molecule has 0 spiro atoms. The Bertz CT molecular complexity index is 933. The summed E-state index contributed by atoms with van der Waals surface area (Å²) in [5, 5.41) is 0.599. The second-order valence-electron chi connectivity index (χ2n) is 7.08. The lowest BCUT2D eigenvalue weighted by Gasteiger charge is -2.22. The van der Waals surface area contributed by atoms with E-state index < -0.39 is 6.16 Å². The van der Waals surface area contributed by atoms with Gasteiger partial charge in [-0.2, -0.15) is 0 Å². The van der Waals surface area contributed by atoms with Gasteiger partial charge in [-0.05, 0) is 61.9 Å². The molecule has 2 aromatic rings. The molecule has 1 fully saturated rings. The zero-order valence-corrected chi connectivity index (χ0v) is 18.5. The molecule has 0 saturated carbocycles. The number of halogens is 1. The van der Waals surface area contributed by atoms with E-state index >= 15 is 0 Å². The maximum Gasteiger partial charge on any atom is 0.513 e. The Kier molecular flexibility index (Phi) is 8.33. The van der Waals surface area contributed by atoms with Crippen LogP contribution in [0.3, 0.4) is 0 Å². The number of ether oxygens (including phenoxy) is 3. The average molecular weight is 461 g/mol. The van der Waals surface area contributed by atoms with E-state index in [0.717, 1.165) is 0 Å². The van der Waals surface area contributed by atoms with Gasteiger partial charge < -0.3 is 24.0 Å². The molecule has 1 aliphatic heterocycles. The van der Waals surface area contributed by atoms with E-state index in [0.29, 0.717) is 54.7 Å². The highest BCUT2D eigenvalue weighted by atomic mass is 35.5. The SMILES string of the molecule is CCOC(=O)Oc1ccc(C(=O)N2CCCN(C(=O)COc3ccc(Cl)cc3)CC2)cc1. The van der Waals surface area contributed by atoms with Gasteiger partial charge in [0.15, 0.2) is 6.61 Å². The minimum Gasteiger partial charge on any atom is -0.484 e. The zero-order chi connectivity index (χ0) is 22.9. The van der Waals surface area contributed by atoms with Crippen molar-refractivity contribution in [2.24, 2.45) is 0 Å². The van der Waals surface area contributed by atoms with Crippen LogP contribution in [-0.4, -0.2) is 67.2 Å². The molecular formula is C23H25ClN2O6. The minimum absolute atomic E-state index is 0.0719. The molecule has 0 unspecified atom stereocenters. The van der Waals surface area contributed by atoms with Gasteiger partial charge in [0.2, 0.25) is 0 Å². The molecule has 170 valence electrons. The molecule has 0 N–H and O–H groups in total. The average Bonchev–Trinajstić information content (AvgIpc) is 3.05. The van der Waals surface area contributed by atoms with Crippen LogP contribution in [0.4, 0.5) is 4.79 Å². The second-order valence-corrected chi connectivity index (χ2v) is 7.52. The molecule has 1 saturated heterocycles. The maximum absolute atomic E-state index is 12.9. The Morgan fingerprint density at radius 1 is 0.875 bits per heavy atom. The summed E-state index contributed by atoms with van der Waals surface area (Å²) in [7, 11) is 0. The number of carbonyl (C=O) groups excluding carboxylic acids is 3. The van der Waals surface area contributed by atoms with Gasteiger partial charge in [0, 0.05) is 36.8 Å². The molecule has 0 radical (unpaired) electrons. The lowest BCUT2D eigenvalue weighted by molar-refractivity contribution is -0.133. The Labute approximate surface area is 191 Å². The lowest BCUT2D eigenvalue weighted by atomic mass is 10.2. The molecule has 0 aromatic heterocycles. The van der Waals surface area contributed by atoms with Crippen LogP contribution in [0.1, 0.15) is 23.7 Å².